The minimum Gasteiger partial charge on any atom is -0.144 e. The number of thiophene rings is 1. The Morgan fingerprint density at radius 3 is 2.20 bits per heavy atom. The van der Waals surface area contributed by atoms with Crippen LogP contribution in [0.4, 0.5) is 0 Å². The van der Waals surface area contributed by atoms with Gasteiger partial charge in [0.25, 0.3) is 0 Å². The zero-order valence-electron chi connectivity index (χ0n) is 12.3. The molecule has 1 fully saturated rings. The molecule has 0 radical (unpaired) electrons. The summed E-state index contributed by atoms with van der Waals surface area (Å²) in [6.07, 6.45) is 2.57. The van der Waals surface area contributed by atoms with Gasteiger partial charge in [-0.2, -0.15) is 0 Å². The van der Waals surface area contributed by atoms with Crippen molar-refractivity contribution in [2.75, 3.05) is 0 Å². The van der Waals surface area contributed by atoms with Crippen LogP contribution in [-0.4, -0.2) is 0 Å². The van der Waals surface area contributed by atoms with Crippen LogP contribution < -0.4 is 0 Å². The molecule has 0 saturated heterocycles. The monoisotopic (exact) mass is 348 g/mol. The van der Waals surface area contributed by atoms with Crippen LogP contribution in [0.15, 0.2) is 42.5 Å². The normalized spacial score (nSPS) is 18.8. The summed E-state index contributed by atoms with van der Waals surface area (Å²) in [7, 11) is 0. The average Bonchev–Trinajstić information content (AvgIpc) is 3.07. The molecule has 3 rings (SSSR count). The first-order valence-electron chi connectivity index (χ1n) is 7.23. The van der Waals surface area contributed by atoms with Gasteiger partial charge in [0.05, 0.1) is 4.83 Å². The molecule has 1 saturated carbocycles. The van der Waals surface area contributed by atoms with Crippen molar-refractivity contribution in [1.82, 2.24) is 0 Å². The fourth-order valence-corrected chi connectivity index (χ4v) is 5.07. The van der Waals surface area contributed by atoms with Crippen LogP contribution in [0, 0.1) is 0 Å². The van der Waals surface area contributed by atoms with Crippen LogP contribution in [0.3, 0.4) is 0 Å². The third-order valence-electron chi connectivity index (χ3n) is 4.24. The number of hydrogen-bond acceptors (Lipinski definition) is 1. The Balaban J connectivity index is 1.90. The molecule has 1 aliphatic rings. The van der Waals surface area contributed by atoms with Crippen molar-refractivity contribution in [2.24, 2.45) is 0 Å². The first-order chi connectivity index (χ1) is 9.43. The Hall–Kier alpha value is -0.600. The van der Waals surface area contributed by atoms with E-state index >= 15 is 0 Å². The zero-order chi connectivity index (χ0) is 14.4. The topological polar surface area (TPSA) is 0 Å². The smallest absolute Gasteiger partial charge is 0.0585 e. The lowest BCUT2D eigenvalue weighted by Crippen LogP contribution is -2.12. The van der Waals surface area contributed by atoms with E-state index in [2.05, 4.69) is 79.2 Å². The Morgan fingerprint density at radius 1 is 1.05 bits per heavy atom. The van der Waals surface area contributed by atoms with E-state index < -0.39 is 0 Å². The molecule has 1 atom stereocenters. The molecule has 0 N–H and O–H groups in total. The summed E-state index contributed by atoms with van der Waals surface area (Å²) in [5.41, 5.74) is 2.05. The lowest BCUT2D eigenvalue weighted by Gasteiger charge is -2.22. The molecule has 2 aromatic rings. The molecule has 0 nitrogen and oxygen atoms in total. The minimum atomic E-state index is 0.249. The average molecular weight is 349 g/mol. The zero-order valence-corrected chi connectivity index (χ0v) is 14.7. The highest BCUT2D eigenvalue weighted by molar-refractivity contribution is 9.09. The highest BCUT2D eigenvalue weighted by atomic mass is 79.9. The maximum absolute atomic E-state index is 4.00. The summed E-state index contributed by atoms with van der Waals surface area (Å²) < 4.78 is 0. The second-order valence-corrected chi connectivity index (χ2v) is 8.87. The van der Waals surface area contributed by atoms with Crippen LogP contribution in [-0.2, 0) is 10.8 Å². The van der Waals surface area contributed by atoms with Crippen LogP contribution >= 0.6 is 27.3 Å². The molecule has 0 bridgehead atoms. The van der Waals surface area contributed by atoms with Crippen molar-refractivity contribution in [3.8, 4) is 0 Å². The molecule has 1 aromatic heterocycles. The Morgan fingerprint density at radius 2 is 1.70 bits per heavy atom. The molecular formula is C18H21BrS. The van der Waals surface area contributed by atoms with E-state index in [9.17, 15) is 0 Å². The lowest BCUT2D eigenvalue weighted by atomic mass is 9.91. The SMILES string of the molecule is CC(C)(C)c1ccc(C(Br)C2(c3ccccc3)CC2)s1. The van der Waals surface area contributed by atoms with Gasteiger partial charge in [-0.1, -0.05) is 67.0 Å². The van der Waals surface area contributed by atoms with Gasteiger partial charge >= 0.3 is 0 Å². The molecule has 0 amide bonds. The fraction of sp³-hybridized carbons (Fsp3) is 0.444. The Bertz CT molecular complexity index is 587. The van der Waals surface area contributed by atoms with E-state index in [-0.39, 0.29) is 5.41 Å². The summed E-state index contributed by atoms with van der Waals surface area (Å²) in [5.74, 6) is 0. The first-order valence-corrected chi connectivity index (χ1v) is 8.96. The van der Waals surface area contributed by atoms with Crippen molar-refractivity contribution in [1.29, 1.82) is 0 Å². The van der Waals surface area contributed by atoms with Crippen LogP contribution in [0.2, 0.25) is 0 Å². The van der Waals surface area contributed by atoms with Crippen molar-refractivity contribution < 1.29 is 0 Å². The van der Waals surface area contributed by atoms with E-state index in [1.54, 1.807) is 0 Å². The van der Waals surface area contributed by atoms with Crippen molar-refractivity contribution >= 4 is 27.3 Å². The van der Waals surface area contributed by atoms with E-state index in [0.29, 0.717) is 10.2 Å². The molecular weight excluding hydrogens is 328 g/mol. The molecule has 1 aliphatic carbocycles. The van der Waals surface area contributed by atoms with E-state index in [4.69, 9.17) is 0 Å². The van der Waals surface area contributed by atoms with E-state index in [1.807, 2.05) is 11.3 Å². The van der Waals surface area contributed by atoms with Crippen LogP contribution in [0.25, 0.3) is 0 Å². The van der Waals surface area contributed by atoms with Gasteiger partial charge in [-0.25, -0.2) is 0 Å². The highest BCUT2D eigenvalue weighted by Gasteiger charge is 2.50. The quantitative estimate of drug-likeness (QED) is 0.578. The summed E-state index contributed by atoms with van der Waals surface area (Å²) in [5, 5.41) is 0. The number of alkyl halides is 1. The van der Waals surface area contributed by atoms with Crippen molar-refractivity contribution in [3.63, 3.8) is 0 Å². The number of hydrogen-bond donors (Lipinski definition) is 0. The molecule has 1 aromatic carbocycles. The van der Waals surface area contributed by atoms with Gasteiger partial charge in [0.15, 0.2) is 0 Å². The third kappa shape index (κ3) is 2.48. The lowest BCUT2D eigenvalue weighted by molar-refractivity contribution is 0.604. The summed E-state index contributed by atoms with van der Waals surface area (Å²) >= 11 is 5.96. The van der Waals surface area contributed by atoms with Crippen molar-refractivity contribution in [2.45, 2.75) is 49.3 Å². The number of rotatable bonds is 3. The standard InChI is InChI=1S/C18H21BrS/c1-17(2,3)15-10-9-14(20-15)16(19)18(11-12-18)13-7-5-4-6-8-13/h4-10,16H,11-12H2,1-3H3. The molecule has 2 heteroatoms. The molecule has 1 heterocycles. The largest absolute Gasteiger partial charge is 0.144 e. The third-order valence-corrected chi connectivity index (χ3v) is 7.49. The minimum absolute atomic E-state index is 0.249. The second kappa shape index (κ2) is 4.99. The first kappa shape index (κ1) is 14.3. The Labute approximate surface area is 134 Å². The van der Waals surface area contributed by atoms with Crippen LogP contribution in [0.5, 0.6) is 0 Å². The van der Waals surface area contributed by atoms with Gasteiger partial charge in [0, 0.05) is 15.2 Å². The van der Waals surface area contributed by atoms with Gasteiger partial charge in [-0.05, 0) is 36.0 Å². The Kier molecular flexibility index (Phi) is 3.58. The molecule has 1 unspecified atom stereocenters. The van der Waals surface area contributed by atoms with Gasteiger partial charge in [0.2, 0.25) is 0 Å². The van der Waals surface area contributed by atoms with Gasteiger partial charge in [0.1, 0.15) is 0 Å². The molecule has 106 valence electrons. The maximum atomic E-state index is 4.00. The molecule has 0 spiro atoms. The van der Waals surface area contributed by atoms with Gasteiger partial charge < -0.3 is 0 Å². The number of benzene rings is 1. The fourth-order valence-electron chi connectivity index (χ4n) is 2.76. The van der Waals surface area contributed by atoms with Crippen LogP contribution in [0.1, 0.15) is 53.8 Å². The predicted octanol–water partition coefficient (Wildman–Crippen LogP) is 6.21. The predicted molar refractivity (Wildman–Crippen MR) is 92.0 cm³/mol. The number of halogens is 1. The van der Waals surface area contributed by atoms with Gasteiger partial charge in [-0.15, -0.1) is 11.3 Å². The van der Waals surface area contributed by atoms with E-state index in [1.165, 1.54) is 28.2 Å². The summed E-state index contributed by atoms with van der Waals surface area (Å²) in [6.45, 7) is 6.86. The van der Waals surface area contributed by atoms with Gasteiger partial charge in [-0.3, -0.25) is 0 Å². The maximum Gasteiger partial charge on any atom is 0.0585 e. The summed E-state index contributed by atoms with van der Waals surface area (Å²) in [4.78, 5) is 3.38. The van der Waals surface area contributed by atoms with Crippen molar-refractivity contribution in [3.05, 3.63) is 57.8 Å². The summed E-state index contributed by atoms with van der Waals surface area (Å²) in [6, 6.07) is 15.6. The molecule has 20 heavy (non-hydrogen) atoms. The second-order valence-electron chi connectivity index (χ2n) is 6.84. The molecule has 0 aliphatic heterocycles. The van der Waals surface area contributed by atoms with E-state index in [0.717, 1.165) is 0 Å². The highest BCUT2D eigenvalue weighted by Crippen LogP contribution is 2.61.